The maximum atomic E-state index is 5.74. The number of nitrogens with zero attached hydrogens (tertiary/aromatic N) is 1. The number of hydrogen-bond donors (Lipinski definition) is 0. The summed E-state index contributed by atoms with van der Waals surface area (Å²) in [6.45, 7) is 5.18. The molecule has 0 spiro atoms. The average Bonchev–Trinajstić information content (AvgIpc) is 3.05. The van der Waals surface area contributed by atoms with Crippen molar-refractivity contribution in [2.45, 2.75) is 25.6 Å². The lowest BCUT2D eigenvalue weighted by atomic mass is 10.1. The molecular formula is C17H19NO. The van der Waals surface area contributed by atoms with Crippen molar-refractivity contribution >= 4 is 11.4 Å². The molecule has 1 fully saturated rings. The molecule has 3 rings (SSSR count). The quantitative estimate of drug-likeness (QED) is 0.765. The fraction of sp³-hybridized carbons (Fsp3) is 0.294. The maximum Gasteiger partial charge on any atom is 0.105 e. The van der Waals surface area contributed by atoms with Crippen molar-refractivity contribution in [3.8, 4) is 0 Å². The van der Waals surface area contributed by atoms with Crippen molar-refractivity contribution in [1.29, 1.82) is 0 Å². The predicted octanol–water partition coefficient (Wildman–Crippen LogP) is 4.00. The average molecular weight is 253 g/mol. The second kappa shape index (κ2) is 4.71. The lowest BCUT2D eigenvalue weighted by Crippen LogP contribution is -2.25. The van der Waals surface area contributed by atoms with Crippen LogP contribution in [0.3, 0.4) is 0 Å². The minimum Gasteiger partial charge on any atom is -0.365 e. The van der Waals surface area contributed by atoms with Crippen LogP contribution in [0.15, 0.2) is 60.7 Å². The van der Waals surface area contributed by atoms with E-state index in [9.17, 15) is 0 Å². The van der Waals surface area contributed by atoms with Crippen LogP contribution < -0.4 is 4.90 Å². The van der Waals surface area contributed by atoms with E-state index in [-0.39, 0.29) is 5.60 Å². The summed E-state index contributed by atoms with van der Waals surface area (Å²) in [4.78, 5) is 2.32. The Hall–Kier alpha value is -1.80. The Labute approximate surface area is 114 Å². The van der Waals surface area contributed by atoms with Gasteiger partial charge in [0.15, 0.2) is 0 Å². The first-order chi connectivity index (χ1) is 9.17. The van der Waals surface area contributed by atoms with Crippen LogP contribution in [-0.2, 0) is 4.74 Å². The Morgan fingerprint density at radius 1 is 0.895 bits per heavy atom. The normalized spacial score (nSPS) is 20.0. The third-order valence-electron chi connectivity index (χ3n) is 3.65. The summed E-state index contributed by atoms with van der Waals surface area (Å²) in [5.74, 6) is 0. The van der Waals surface area contributed by atoms with Crippen LogP contribution >= 0.6 is 0 Å². The summed E-state index contributed by atoms with van der Waals surface area (Å²) < 4.78 is 5.74. The maximum absolute atomic E-state index is 5.74. The molecule has 0 N–H and O–H groups in total. The molecule has 0 saturated carbocycles. The number of hydrogen-bond acceptors (Lipinski definition) is 2. The minimum atomic E-state index is 0.0157. The Bertz CT molecular complexity index is 496. The molecule has 1 aliphatic rings. The molecule has 0 amide bonds. The third kappa shape index (κ3) is 2.64. The Balaban J connectivity index is 1.88. The molecule has 0 aliphatic carbocycles. The molecular weight excluding hydrogens is 234 g/mol. The second-order valence-corrected chi connectivity index (χ2v) is 5.49. The molecule has 1 saturated heterocycles. The van der Waals surface area contributed by atoms with Crippen LogP contribution in [0.25, 0.3) is 0 Å². The molecule has 1 aliphatic heterocycles. The van der Waals surface area contributed by atoms with Gasteiger partial charge < -0.3 is 9.64 Å². The van der Waals surface area contributed by atoms with E-state index in [4.69, 9.17) is 4.74 Å². The highest BCUT2D eigenvalue weighted by Gasteiger charge is 2.48. The number of rotatable bonds is 4. The molecule has 2 nitrogen and oxygen atoms in total. The molecule has 1 atom stereocenters. The zero-order valence-electron chi connectivity index (χ0n) is 11.4. The molecule has 0 radical (unpaired) electrons. The number of epoxide rings is 1. The predicted molar refractivity (Wildman–Crippen MR) is 78.8 cm³/mol. The summed E-state index contributed by atoms with van der Waals surface area (Å²) in [5, 5.41) is 0. The number of para-hydroxylation sites is 2. The monoisotopic (exact) mass is 253 g/mol. The van der Waals surface area contributed by atoms with E-state index in [1.807, 2.05) is 12.1 Å². The van der Waals surface area contributed by atoms with Gasteiger partial charge in [-0.05, 0) is 38.1 Å². The SMILES string of the molecule is CC1(C)OC1CN(c1ccccc1)c1ccccc1. The Morgan fingerprint density at radius 3 is 1.68 bits per heavy atom. The summed E-state index contributed by atoms with van der Waals surface area (Å²) in [6, 6.07) is 21.0. The van der Waals surface area contributed by atoms with E-state index in [1.165, 1.54) is 11.4 Å². The lowest BCUT2D eigenvalue weighted by Gasteiger charge is -2.24. The molecule has 2 aromatic carbocycles. The van der Waals surface area contributed by atoms with Gasteiger partial charge in [0.25, 0.3) is 0 Å². The van der Waals surface area contributed by atoms with E-state index in [0.29, 0.717) is 6.10 Å². The second-order valence-electron chi connectivity index (χ2n) is 5.49. The summed E-state index contributed by atoms with van der Waals surface area (Å²) >= 11 is 0. The summed E-state index contributed by atoms with van der Waals surface area (Å²) in [5.41, 5.74) is 2.43. The first-order valence-corrected chi connectivity index (χ1v) is 6.72. The van der Waals surface area contributed by atoms with E-state index >= 15 is 0 Å². The van der Waals surface area contributed by atoms with Gasteiger partial charge in [-0.25, -0.2) is 0 Å². The van der Waals surface area contributed by atoms with E-state index in [2.05, 4.69) is 67.3 Å². The molecule has 98 valence electrons. The smallest absolute Gasteiger partial charge is 0.105 e. The van der Waals surface area contributed by atoms with Crippen LogP contribution in [-0.4, -0.2) is 18.2 Å². The van der Waals surface area contributed by atoms with E-state index in [0.717, 1.165) is 6.54 Å². The molecule has 0 bridgehead atoms. The summed E-state index contributed by atoms with van der Waals surface area (Å²) in [6.07, 6.45) is 0.299. The van der Waals surface area contributed by atoms with E-state index in [1.54, 1.807) is 0 Å². The highest BCUT2D eigenvalue weighted by Crippen LogP contribution is 2.38. The van der Waals surface area contributed by atoms with Crippen molar-refractivity contribution in [2.75, 3.05) is 11.4 Å². The van der Waals surface area contributed by atoms with Gasteiger partial charge in [0, 0.05) is 11.4 Å². The van der Waals surface area contributed by atoms with Crippen LogP contribution in [0.4, 0.5) is 11.4 Å². The first kappa shape index (κ1) is 12.2. The van der Waals surface area contributed by atoms with Gasteiger partial charge in [0.1, 0.15) is 6.10 Å². The largest absolute Gasteiger partial charge is 0.365 e. The van der Waals surface area contributed by atoms with Gasteiger partial charge in [0.2, 0.25) is 0 Å². The van der Waals surface area contributed by atoms with Crippen molar-refractivity contribution < 1.29 is 4.74 Å². The first-order valence-electron chi connectivity index (χ1n) is 6.72. The summed E-state index contributed by atoms with van der Waals surface area (Å²) in [7, 11) is 0. The van der Waals surface area contributed by atoms with E-state index < -0.39 is 0 Å². The molecule has 2 heteroatoms. The van der Waals surface area contributed by atoms with Crippen LogP contribution in [0.1, 0.15) is 13.8 Å². The van der Waals surface area contributed by atoms with Crippen LogP contribution in [0.2, 0.25) is 0 Å². The molecule has 1 heterocycles. The van der Waals surface area contributed by atoms with Crippen molar-refractivity contribution in [1.82, 2.24) is 0 Å². The Morgan fingerprint density at radius 2 is 1.32 bits per heavy atom. The minimum absolute atomic E-state index is 0.0157. The lowest BCUT2D eigenvalue weighted by molar-refractivity contribution is 0.325. The zero-order valence-corrected chi connectivity index (χ0v) is 11.4. The molecule has 0 aromatic heterocycles. The van der Waals surface area contributed by atoms with Crippen LogP contribution in [0, 0.1) is 0 Å². The topological polar surface area (TPSA) is 15.8 Å². The fourth-order valence-electron chi connectivity index (χ4n) is 2.33. The fourth-order valence-corrected chi connectivity index (χ4v) is 2.33. The van der Waals surface area contributed by atoms with Gasteiger partial charge in [-0.2, -0.15) is 0 Å². The van der Waals surface area contributed by atoms with Gasteiger partial charge in [-0.15, -0.1) is 0 Å². The van der Waals surface area contributed by atoms with Crippen molar-refractivity contribution in [3.05, 3.63) is 60.7 Å². The van der Waals surface area contributed by atoms with Crippen LogP contribution in [0.5, 0.6) is 0 Å². The third-order valence-corrected chi connectivity index (χ3v) is 3.65. The molecule has 1 unspecified atom stereocenters. The Kier molecular flexibility index (Phi) is 3.03. The molecule has 19 heavy (non-hydrogen) atoms. The van der Waals surface area contributed by atoms with Crippen molar-refractivity contribution in [2.24, 2.45) is 0 Å². The highest BCUT2D eigenvalue weighted by atomic mass is 16.6. The highest BCUT2D eigenvalue weighted by molar-refractivity contribution is 5.63. The standard InChI is InChI=1S/C17H19NO/c1-17(2)16(19-17)13-18(14-9-5-3-6-10-14)15-11-7-4-8-12-15/h3-12,16H,13H2,1-2H3. The van der Waals surface area contributed by atoms with Gasteiger partial charge in [-0.1, -0.05) is 36.4 Å². The van der Waals surface area contributed by atoms with Gasteiger partial charge >= 0.3 is 0 Å². The van der Waals surface area contributed by atoms with Crippen molar-refractivity contribution in [3.63, 3.8) is 0 Å². The van der Waals surface area contributed by atoms with Gasteiger partial charge in [0.05, 0.1) is 12.1 Å². The number of benzene rings is 2. The number of anilines is 2. The number of ether oxygens (including phenoxy) is 1. The zero-order chi connectivity index (χ0) is 13.3. The van der Waals surface area contributed by atoms with Gasteiger partial charge in [-0.3, -0.25) is 0 Å². The molecule has 2 aromatic rings.